The van der Waals surface area contributed by atoms with E-state index in [0.717, 1.165) is 23.4 Å². The standard InChI is InChI=1S/C14H14N2O/c17-13-6-3-7-14(16-13)8-9-15-12-5-2-1-4-11(12)10-14/h1-2,4-5,8-10H,3,6-7H2,(H,16,17). The Bertz CT molecular complexity index is 603. The second-order valence-electron chi connectivity index (χ2n) is 4.59. The summed E-state index contributed by atoms with van der Waals surface area (Å²) in [6.07, 6.45) is 8.40. The molecule has 1 aromatic carbocycles. The minimum Gasteiger partial charge on any atom is -0.344 e. The molecule has 3 rings (SSSR count). The van der Waals surface area contributed by atoms with Crippen LogP contribution < -0.4 is 15.9 Å². The molecule has 1 saturated heterocycles. The molecule has 0 aromatic heterocycles. The molecule has 0 bridgehead atoms. The number of nitrogens with zero attached hydrogens (tertiary/aromatic N) is 1. The van der Waals surface area contributed by atoms with Crippen LogP contribution in [-0.2, 0) is 4.79 Å². The number of nitrogens with one attached hydrogen (secondary N) is 1. The van der Waals surface area contributed by atoms with Crippen molar-refractivity contribution in [1.82, 2.24) is 5.32 Å². The van der Waals surface area contributed by atoms with E-state index >= 15 is 0 Å². The van der Waals surface area contributed by atoms with Gasteiger partial charge in [0.1, 0.15) is 0 Å². The summed E-state index contributed by atoms with van der Waals surface area (Å²) in [6.45, 7) is 0. The number of hydrogen-bond acceptors (Lipinski definition) is 2. The van der Waals surface area contributed by atoms with E-state index in [1.165, 1.54) is 0 Å². The lowest BCUT2D eigenvalue weighted by Crippen LogP contribution is -2.49. The number of carbonyl (C=O) groups excluding carboxylic acids is 1. The monoisotopic (exact) mass is 226 g/mol. The lowest BCUT2D eigenvalue weighted by Gasteiger charge is -2.32. The van der Waals surface area contributed by atoms with Gasteiger partial charge in [-0.1, -0.05) is 18.2 Å². The van der Waals surface area contributed by atoms with Gasteiger partial charge in [0, 0.05) is 12.6 Å². The molecule has 0 aliphatic carbocycles. The van der Waals surface area contributed by atoms with Crippen LogP contribution in [0, 0.1) is 0 Å². The first-order chi connectivity index (χ1) is 8.27. The van der Waals surface area contributed by atoms with E-state index in [9.17, 15) is 4.79 Å². The Morgan fingerprint density at radius 2 is 2.18 bits per heavy atom. The number of rotatable bonds is 0. The molecule has 1 spiro atoms. The van der Waals surface area contributed by atoms with E-state index in [0.29, 0.717) is 6.42 Å². The number of fused-ring (bicyclic) bond motifs is 1. The summed E-state index contributed by atoms with van der Waals surface area (Å²) in [6, 6.07) is 7.99. The molecule has 3 heteroatoms. The van der Waals surface area contributed by atoms with Gasteiger partial charge in [0.15, 0.2) is 0 Å². The molecule has 1 atom stereocenters. The predicted octanol–water partition coefficient (Wildman–Crippen LogP) is 0.653. The summed E-state index contributed by atoms with van der Waals surface area (Å²) in [5, 5.41) is 5.11. The van der Waals surface area contributed by atoms with Crippen LogP contribution in [0.5, 0.6) is 0 Å². The fraction of sp³-hybridized carbons (Fsp3) is 0.286. The number of carbonyl (C=O) groups is 1. The summed E-state index contributed by atoms with van der Waals surface area (Å²) in [5.41, 5.74) is -0.342. The molecule has 1 unspecified atom stereocenters. The molecule has 0 radical (unpaired) electrons. The third kappa shape index (κ3) is 1.88. The van der Waals surface area contributed by atoms with E-state index in [2.05, 4.69) is 16.4 Å². The maximum absolute atomic E-state index is 11.6. The summed E-state index contributed by atoms with van der Waals surface area (Å²) >= 11 is 0. The second-order valence-corrected chi connectivity index (χ2v) is 4.59. The van der Waals surface area contributed by atoms with Gasteiger partial charge in [-0.15, -0.1) is 0 Å². The molecule has 86 valence electrons. The molecule has 2 aliphatic heterocycles. The van der Waals surface area contributed by atoms with Crippen LogP contribution in [-0.4, -0.2) is 11.4 Å². The number of para-hydroxylation sites is 1. The van der Waals surface area contributed by atoms with Gasteiger partial charge in [-0.3, -0.25) is 9.79 Å². The van der Waals surface area contributed by atoms with Crippen LogP contribution in [0.1, 0.15) is 19.3 Å². The van der Waals surface area contributed by atoms with Crippen molar-refractivity contribution in [2.24, 2.45) is 4.99 Å². The molecular weight excluding hydrogens is 212 g/mol. The Labute approximate surface area is 99.6 Å². The van der Waals surface area contributed by atoms with Gasteiger partial charge >= 0.3 is 0 Å². The lowest BCUT2D eigenvalue weighted by molar-refractivity contribution is -0.123. The summed E-state index contributed by atoms with van der Waals surface area (Å²) in [5.74, 6) is 0.122. The highest BCUT2D eigenvalue weighted by atomic mass is 16.1. The van der Waals surface area contributed by atoms with Crippen molar-refractivity contribution in [2.45, 2.75) is 24.8 Å². The van der Waals surface area contributed by atoms with Crippen LogP contribution in [0.2, 0.25) is 0 Å². The zero-order valence-electron chi connectivity index (χ0n) is 9.52. The third-order valence-corrected chi connectivity index (χ3v) is 3.30. The number of piperidine rings is 1. The van der Waals surface area contributed by atoms with E-state index < -0.39 is 0 Å². The van der Waals surface area contributed by atoms with Crippen molar-refractivity contribution in [1.29, 1.82) is 0 Å². The lowest BCUT2D eigenvalue weighted by atomic mass is 9.87. The van der Waals surface area contributed by atoms with Gasteiger partial charge in [0.25, 0.3) is 0 Å². The van der Waals surface area contributed by atoms with Gasteiger partial charge in [0.2, 0.25) is 5.91 Å². The van der Waals surface area contributed by atoms with Gasteiger partial charge in [-0.2, -0.15) is 0 Å². The molecule has 1 fully saturated rings. The minimum absolute atomic E-state index is 0.122. The largest absolute Gasteiger partial charge is 0.344 e. The fourth-order valence-electron chi connectivity index (χ4n) is 2.46. The van der Waals surface area contributed by atoms with Crippen LogP contribution >= 0.6 is 0 Å². The minimum atomic E-state index is -0.342. The predicted molar refractivity (Wildman–Crippen MR) is 65.6 cm³/mol. The first-order valence-electron chi connectivity index (χ1n) is 5.92. The fourth-order valence-corrected chi connectivity index (χ4v) is 2.46. The van der Waals surface area contributed by atoms with Crippen LogP contribution in [0.3, 0.4) is 0 Å². The molecule has 2 aliphatic rings. The van der Waals surface area contributed by atoms with Gasteiger partial charge < -0.3 is 5.32 Å². The van der Waals surface area contributed by atoms with E-state index in [-0.39, 0.29) is 11.4 Å². The normalized spacial score (nSPS) is 26.5. The Kier molecular flexibility index (Phi) is 2.32. The average molecular weight is 226 g/mol. The summed E-state index contributed by atoms with van der Waals surface area (Å²) < 4.78 is 0. The van der Waals surface area contributed by atoms with Crippen LogP contribution in [0.15, 0.2) is 41.5 Å². The smallest absolute Gasteiger partial charge is 0.220 e. The van der Waals surface area contributed by atoms with E-state index in [1.54, 1.807) is 6.20 Å². The second kappa shape index (κ2) is 3.84. The Balaban J connectivity index is 2.15. The first kappa shape index (κ1) is 10.3. The van der Waals surface area contributed by atoms with Crippen molar-refractivity contribution in [2.75, 3.05) is 0 Å². The maximum Gasteiger partial charge on any atom is 0.220 e. The quantitative estimate of drug-likeness (QED) is 0.693. The van der Waals surface area contributed by atoms with Gasteiger partial charge in [-0.25, -0.2) is 0 Å². The highest BCUT2D eigenvalue weighted by molar-refractivity contribution is 5.80. The molecule has 1 amide bonds. The summed E-state index contributed by atoms with van der Waals surface area (Å²) in [4.78, 5) is 16.0. The molecule has 1 N–H and O–H groups in total. The van der Waals surface area contributed by atoms with E-state index in [4.69, 9.17) is 0 Å². The Morgan fingerprint density at radius 3 is 3.06 bits per heavy atom. The van der Waals surface area contributed by atoms with Crippen LogP contribution in [0.4, 0.5) is 0 Å². The highest BCUT2D eigenvalue weighted by Gasteiger charge is 2.30. The SMILES string of the molecule is O=C1CCCC2(C=CN=c3ccccc3=C2)N1. The van der Waals surface area contributed by atoms with Crippen molar-refractivity contribution in [3.8, 4) is 0 Å². The highest BCUT2D eigenvalue weighted by Crippen LogP contribution is 2.23. The zero-order valence-corrected chi connectivity index (χ0v) is 9.52. The Morgan fingerprint density at radius 1 is 1.29 bits per heavy atom. The van der Waals surface area contributed by atoms with Crippen LogP contribution in [0.25, 0.3) is 6.08 Å². The topological polar surface area (TPSA) is 41.5 Å². The Hall–Kier alpha value is -1.90. The maximum atomic E-state index is 11.6. The molecular formula is C14H14N2O. The first-order valence-corrected chi connectivity index (χ1v) is 5.92. The van der Waals surface area contributed by atoms with Gasteiger partial charge in [-0.05, 0) is 36.3 Å². The van der Waals surface area contributed by atoms with Crippen molar-refractivity contribution >= 4 is 12.0 Å². The molecule has 1 aromatic rings. The molecule has 0 saturated carbocycles. The average Bonchev–Trinajstić information content (AvgIpc) is 2.47. The number of benzene rings is 1. The summed E-state index contributed by atoms with van der Waals surface area (Å²) in [7, 11) is 0. The zero-order chi connectivity index (χ0) is 11.7. The molecule has 17 heavy (non-hydrogen) atoms. The van der Waals surface area contributed by atoms with E-state index in [1.807, 2.05) is 30.3 Å². The third-order valence-electron chi connectivity index (χ3n) is 3.30. The van der Waals surface area contributed by atoms with Crippen molar-refractivity contribution in [3.05, 3.63) is 47.1 Å². The van der Waals surface area contributed by atoms with Crippen molar-refractivity contribution < 1.29 is 4.79 Å². The van der Waals surface area contributed by atoms with Crippen molar-refractivity contribution in [3.63, 3.8) is 0 Å². The van der Waals surface area contributed by atoms with Gasteiger partial charge in [0.05, 0.1) is 10.9 Å². The number of amides is 1. The molecule has 3 nitrogen and oxygen atoms in total. The number of hydrogen-bond donors (Lipinski definition) is 1. The molecule has 2 heterocycles.